The highest BCUT2D eigenvalue weighted by Crippen LogP contribution is 2.41. The van der Waals surface area contributed by atoms with Crippen LogP contribution >= 0.6 is 11.5 Å². The predicted octanol–water partition coefficient (Wildman–Crippen LogP) is 0.996. The van der Waals surface area contributed by atoms with Crippen molar-refractivity contribution in [2.45, 2.75) is 35.3 Å². The number of alkyl halides is 3. The summed E-state index contributed by atoms with van der Waals surface area (Å²) < 4.78 is 64.4. The summed E-state index contributed by atoms with van der Waals surface area (Å²) in [7, 11) is -3.67. The highest BCUT2D eigenvalue weighted by Gasteiger charge is 2.42. The molecule has 0 aromatic carbocycles. The maximum Gasteiger partial charge on any atom is 0.416 e. The average molecular weight is 331 g/mol. The first-order valence-electron chi connectivity index (χ1n) is 5.61. The zero-order valence-corrected chi connectivity index (χ0v) is 11.6. The van der Waals surface area contributed by atoms with E-state index in [1.165, 1.54) is 0 Å². The Morgan fingerprint density at radius 1 is 1.50 bits per heavy atom. The fourth-order valence-electron chi connectivity index (χ4n) is 1.53. The number of halogens is 3. The SMILES string of the molecule is Nc1nsc(NCC(O)C(F)(F)F)c1S(=O)(=O)C1CC1. The number of anilines is 2. The zero-order valence-electron chi connectivity index (χ0n) is 10.0. The van der Waals surface area contributed by atoms with Crippen molar-refractivity contribution in [2.75, 3.05) is 17.6 Å². The van der Waals surface area contributed by atoms with Crippen molar-refractivity contribution in [1.82, 2.24) is 4.37 Å². The first kappa shape index (κ1) is 15.3. The molecule has 1 aromatic rings. The smallest absolute Gasteiger partial charge is 0.382 e. The largest absolute Gasteiger partial charge is 0.416 e. The minimum absolute atomic E-state index is 0.0716. The van der Waals surface area contributed by atoms with Gasteiger partial charge in [-0.15, -0.1) is 0 Å². The van der Waals surface area contributed by atoms with Crippen molar-refractivity contribution in [3.63, 3.8) is 0 Å². The first-order chi connectivity index (χ1) is 9.14. The van der Waals surface area contributed by atoms with Gasteiger partial charge in [0.2, 0.25) is 0 Å². The minimum Gasteiger partial charge on any atom is -0.382 e. The van der Waals surface area contributed by atoms with Crippen molar-refractivity contribution in [3.05, 3.63) is 0 Å². The van der Waals surface area contributed by atoms with Crippen LogP contribution in [0.2, 0.25) is 0 Å². The Bertz CT molecular complexity index is 595. The molecule has 114 valence electrons. The lowest BCUT2D eigenvalue weighted by molar-refractivity contribution is -0.198. The Kier molecular flexibility index (Phi) is 3.86. The topological polar surface area (TPSA) is 105 Å². The lowest BCUT2D eigenvalue weighted by Gasteiger charge is -2.15. The van der Waals surface area contributed by atoms with Crippen LogP contribution in [0.1, 0.15) is 12.8 Å². The van der Waals surface area contributed by atoms with Gasteiger partial charge in [0.05, 0.1) is 11.8 Å². The lowest BCUT2D eigenvalue weighted by atomic mass is 10.3. The van der Waals surface area contributed by atoms with Crippen molar-refractivity contribution in [1.29, 1.82) is 0 Å². The van der Waals surface area contributed by atoms with E-state index in [1.807, 2.05) is 0 Å². The third kappa shape index (κ3) is 2.99. The maximum absolute atomic E-state index is 12.2. The van der Waals surface area contributed by atoms with Gasteiger partial charge in [0, 0.05) is 0 Å². The van der Waals surface area contributed by atoms with Crippen LogP contribution in [0.3, 0.4) is 0 Å². The normalized spacial score (nSPS) is 18.0. The van der Waals surface area contributed by atoms with Crippen LogP contribution in [0.15, 0.2) is 4.90 Å². The second kappa shape index (κ2) is 5.04. The Balaban J connectivity index is 2.18. The molecule has 1 aliphatic rings. The molecule has 2 rings (SSSR count). The molecule has 0 aliphatic heterocycles. The van der Waals surface area contributed by atoms with Crippen LogP contribution in [-0.4, -0.2) is 42.0 Å². The number of nitrogens with zero attached hydrogens (tertiary/aromatic N) is 1. The van der Waals surface area contributed by atoms with E-state index in [2.05, 4.69) is 9.69 Å². The van der Waals surface area contributed by atoms with Crippen LogP contribution in [0.5, 0.6) is 0 Å². The molecule has 20 heavy (non-hydrogen) atoms. The third-order valence-corrected chi connectivity index (χ3v) is 6.04. The summed E-state index contributed by atoms with van der Waals surface area (Å²) in [6.07, 6.45) is -6.37. The Morgan fingerprint density at radius 3 is 2.60 bits per heavy atom. The number of nitrogens with two attached hydrogens (primary N) is 1. The summed E-state index contributed by atoms with van der Waals surface area (Å²) in [5.41, 5.74) is 5.48. The maximum atomic E-state index is 12.2. The molecule has 1 aromatic heterocycles. The van der Waals surface area contributed by atoms with E-state index < -0.39 is 33.9 Å². The van der Waals surface area contributed by atoms with Crippen molar-refractivity contribution < 1.29 is 26.7 Å². The van der Waals surface area contributed by atoms with Gasteiger partial charge >= 0.3 is 6.18 Å². The van der Waals surface area contributed by atoms with E-state index in [0.717, 1.165) is 0 Å². The van der Waals surface area contributed by atoms with Crippen molar-refractivity contribution in [2.24, 2.45) is 0 Å². The van der Waals surface area contributed by atoms with Crippen LogP contribution < -0.4 is 11.1 Å². The quantitative estimate of drug-likeness (QED) is 0.743. The average Bonchev–Trinajstić information content (AvgIpc) is 3.10. The summed E-state index contributed by atoms with van der Waals surface area (Å²) in [6, 6.07) is 0. The second-order valence-corrected chi connectivity index (χ2v) is 7.35. The molecule has 1 atom stereocenters. The van der Waals surface area contributed by atoms with Crippen LogP contribution in [0, 0.1) is 0 Å². The van der Waals surface area contributed by atoms with Gasteiger partial charge in [-0.2, -0.15) is 17.5 Å². The highest BCUT2D eigenvalue weighted by atomic mass is 32.2. The van der Waals surface area contributed by atoms with Gasteiger partial charge in [0.15, 0.2) is 21.8 Å². The number of hydrogen-bond acceptors (Lipinski definition) is 7. The molecule has 1 fully saturated rings. The number of hydrogen-bond donors (Lipinski definition) is 3. The summed E-state index contributed by atoms with van der Waals surface area (Å²) in [5.74, 6) is -0.231. The first-order valence-corrected chi connectivity index (χ1v) is 7.93. The summed E-state index contributed by atoms with van der Waals surface area (Å²) in [4.78, 5) is -0.264. The molecular formula is C9H12F3N3O3S2. The molecule has 1 unspecified atom stereocenters. The lowest BCUT2D eigenvalue weighted by Crippen LogP contribution is -2.35. The number of sulfone groups is 1. The van der Waals surface area contributed by atoms with Gasteiger partial charge in [-0.05, 0) is 24.4 Å². The Hall–Kier alpha value is -1.07. The van der Waals surface area contributed by atoms with Crippen molar-refractivity contribution in [3.8, 4) is 0 Å². The molecular weight excluding hydrogens is 319 g/mol. The molecule has 11 heteroatoms. The van der Waals surface area contributed by atoms with E-state index in [4.69, 9.17) is 10.8 Å². The molecule has 0 bridgehead atoms. The molecule has 4 N–H and O–H groups in total. The van der Waals surface area contributed by atoms with Crippen LogP contribution in [0.25, 0.3) is 0 Å². The molecule has 0 radical (unpaired) electrons. The molecule has 0 saturated heterocycles. The van der Waals surface area contributed by atoms with Gasteiger partial charge in [0.25, 0.3) is 0 Å². The van der Waals surface area contributed by atoms with Gasteiger partial charge in [-0.3, -0.25) is 0 Å². The summed E-state index contributed by atoms with van der Waals surface area (Å²) in [6.45, 7) is -0.863. The number of nitrogens with one attached hydrogen (secondary N) is 1. The molecule has 1 saturated carbocycles. The number of nitrogen functional groups attached to an aromatic ring is 1. The molecule has 1 heterocycles. The molecule has 6 nitrogen and oxygen atoms in total. The number of aromatic nitrogens is 1. The van der Waals surface area contributed by atoms with E-state index in [9.17, 15) is 21.6 Å². The number of aliphatic hydroxyl groups is 1. The Labute approximate surface area is 116 Å². The van der Waals surface area contributed by atoms with Gasteiger partial charge in [-0.1, -0.05) is 0 Å². The summed E-state index contributed by atoms with van der Waals surface area (Å²) in [5, 5.41) is 10.5. The standard InChI is InChI=1S/C9H12F3N3O3S2/c10-9(11,12)5(16)3-14-8-6(7(13)15-19-8)20(17,18)4-1-2-4/h4-5,14,16H,1-3H2,(H2,13,15). The van der Waals surface area contributed by atoms with Crippen molar-refractivity contribution >= 4 is 32.2 Å². The Morgan fingerprint density at radius 2 is 2.10 bits per heavy atom. The van der Waals surface area contributed by atoms with Crippen LogP contribution in [-0.2, 0) is 9.84 Å². The van der Waals surface area contributed by atoms with Gasteiger partial charge in [-0.25, -0.2) is 8.42 Å². The van der Waals surface area contributed by atoms with E-state index in [1.54, 1.807) is 0 Å². The highest BCUT2D eigenvalue weighted by molar-refractivity contribution is 7.92. The molecule has 0 amide bonds. The second-order valence-electron chi connectivity index (χ2n) is 4.41. The fraction of sp³-hybridized carbons (Fsp3) is 0.667. The van der Waals surface area contributed by atoms with Gasteiger partial charge in [0.1, 0.15) is 9.90 Å². The third-order valence-electron chi connectivity index (χ3n) is 2.76. The van der Waals surface area contributed by atoms with E-state index in [0.29, 0.717) is 24.4 Å². The predicted molar refractivity (Wildman–Crippen MR) is 67.3 cm³/mol. The fourth-order valence-corrected chi connectivity index (χ4v) is 4.42. The zero-order chi connectivity index (χ0) is 15.1. The number of rotatable bonds is 5. The minimum atomic E-state index is -4.78. The molecule has 0 spiro atoms. The van der Waals surface area contributed by atoms with E-state index >= 15 is 0 Å². The van der Waals surface area contributed by atoms with E-state index in [-0.39, 0.29) is 15.7 Å². The van der Waals surface area contributed by atoms with Gasteiger partial charge < -0.3 is 16.2 Å². The summed E-state index contributed by atoms with van der Waals surface area (Å²) >= 11 is 0.657. The number of aliphatic hydroxyl groups excluding tert-OH is 1. The monoisotopic (exact) mass is 331 g/mol. The van der Waals surface area contributed by atoms with Crippen LogP contribution in [0.4, 0.5) is 24.0 Å². The molecule has 1 aliphatic carbocycles.